The van der Waals surface area contributed by atoms with Gasteiger partial charge < -0.3 is 40.1 Å². The van der Waals surface area contributed by atoms with E-state index in [1.54, 1.807) is 46.3 Å². The van der Waals surface area contributed by atoms with E-state index < -0.39 is 54.1 Å². The lowest BCUT2D eigenvalue weighted by molar-refractivity contribution is -0.121. The van der Waals surface area contributed by atoms with Crippen LogP contribution in [0.3, 0.4) is 0 Å². The number of hydrogen-bond donors (Lipinski definition) is 3. The number of allylic oxidation sites excluding steroid dienone is 4. The second kappa shape index (κ2) is 17.6. The molecule has 0 unspecified atom stereocenters. The number of ketones is 2. The van der Waals surface area contributed by atoms with E-state index in [-0.39, 0.29) is 40.9 Å². The molecule has 0 fully saturated rings. The first kappa shape index (κ1) is 37.3. The van der Waals surface area contributed by atoms with Gasteiger partial charge in [0.2, 0.25) is 11.6 Å². The van der Waals surface area contributed by atoms with Gasteiger partial charge in [0.1, 0.15) is 6.10 Å². The minimum atomic E-state index is -0.979. The summed E-state index contributed by atoms with van der Waals surface area (Å²) >= 11 is 0. The first-order valence-electron chi connectivity index (χ1n) is 14.7. The highest BCUT2D eigenvalue weighted by molar-refractivity contribution is 6.24. The van der Waals surface area contributed by atoms with Gasteiger partial charge in [-0.15, -0.1) is 6.58 Å². The molecule has 0 spiro atoms. The number of methoxy groups -OCH3 is 4. The third kappa shape index (κ3) is 9.57. The van der Waals surface area contributed by atoms with E-state index in [2.05, 4.69) is 17.2 Å². The molecule has 248 valence electrons. The maximum atomic E-state index is 13.9. The fourth-order valence-corrected chi connectivity index (χ4v) is 5.63. The Kier molecular flexibility index (Phi) is 14.6. The Labute approximate surface area is 265 Å². The topological polar surface area (TPSA) is 165 Å². The van der Waals surface area contributed by atoms with Crippen molar-refractivity contribution >= 4 is 23.6 Å². The molecule has 7 atom stereocenters. The van der Waals surface area contributed by atoms with Crippen molar-refractivity contribution in [1.82, 2.24) is 10.6 Å². The van der Waals surface area contributed by atoms with Crippen LogP contribution in [0.1, 0.15) is 34.1 Å². The number of amides is 2. The first-order valence-corrected chi connectivity index (χ1v) is 14.7. The molecule has 1 aliphatic carbocycles. The van der Waals surface area contributed by atoms with Crippen LogP contribution in [0.2, 0.25) is 0 Å². The Bertz CT molecular complexity index is 1280. The molecule has 45 heavy (non-hydrogen) atoms. The largest absolute Gasteiger partial charge is 0.439 e. The van der Waals surface area contributed by atoms with Gasteiger partial charge in [0.25, 0.3) is 5.91 Å². The molecule has 12 nitrogen and oxygen atoms in total. The number of hydrogen-bond acceptors (Lipinski definition) is 10. The summed E-state index contributed by atoms with van der Waals surface area (Å²) in [6.45, 7) is 11.1. The number of nitrogens with one attached hydrogen (secondary N) is 2. The Balaban J connectivity index is 2.76. The van der Waals surface area contributed by atoms with E-state index in [1.807, 2.05) is 19.9 Å². The molecular weight excluding hydrogens is 582 g/mol. The van der Waals surface area contributed by atoms with Crippen LogP contribution in [0.15, 0.2) is 71.1 Å². The Morgan fingerprint density at radius 1 is 1.07 bits per heavy atom. The molecule has 2 aliphatic rings. The average Bonchev–Trinajstić information content (AvgIpc) is 2.99. The Morgan fingerprint density at radius 2 is 1.76 bits per heavy atom. The zero-order valence-corrected chi connectivity index (χ0v) is 27.4. The molecule has 0 radical (unpaired) electrons. The van der Waals surface area contributed by atoms with Gasteiger partial charge in [-0.3, -0.25) is 14.4 Å². The number of rotatable bonds is 8. The summed E-state index contributed by atoms with van der Waals surface area (Å²) in [5, 5.41) is 5.56. The Morgan fingerprint density at radius 3 is 2.31 bits per heavy atom. The number of carbonyl (C=O) groups is 4. The molecule has 2 bridgehead atoms. The van der Waals surface area contributed by atoms with Gasteiger partial charge in [0.15, 0.2) is 6.10 Å². The number of fused-ring (bicyclic) bond motifs is 2. The molecule has 4 N–H and O–H groups in total. The maximum Gasteiger partial charge on any atom is 0.405 e. The molecule has 1 heterocycles. The predicted molar refractivity (Wildman–Crippen MR) is 169 cm³/mol. The van der Waals surface area contributed by atoms with Crippen LogP contribution in [0.25, 0.3) is 0 Å². The first-order chi connectivity index (χ1) is 21.3. The van der Waals surface area contributed by atoms with Gasteiger partial charge in [-0.05, 0) is 31.8 Å². The third-order valence-electron chi connectivity index (χ3n) is 7.86. The highest BCUT2D eigenvalue weighted by Crippen LogP contribution is 2.31. The van der Waals surface area contributed by atoms with Gasteiger partial charge >= 0.3 is 6.09 Å². The quantitative estimate of drug-likeness (QED) is 0.269. The van der Waals surface area contributed by atoms with E-state index in [9.17, 15) is 19.2 Å². The van der Waals surface area contributed by atoms with Crippen LogP contribution in [0.4, 0.5) is 4.79 Å². The van der Waals surface area contributed by atoms with E-state index in [0.29, 0.717) is 12.0 Å². The number of nitrogens with two attached hydrogens (primary N) is 1. The molecular formula is C33H47N3O9. The molecule has 2 rings (SSSR count). The van der Waals surface area contributed by atoms with Crippen molar-refractivity contribution in [3.05, 3.63) is 71.1 Å². The number of Topliss-reactive ketones (excluding diaryl/α,β-unsaturated/α-hetero) is 1. The van der Waals surface area contributed by atoms with Crippen LogP contribution >= 0.6 is 0 Å². The highest BCUT2D eigenvalue weighted by Gasteiger charge is 2.39. The lowest BCUT2D eigenvalue weighted by Crippen LogP contribution is -2.43. The van der Waals surface area contributed by atoms with Crippen molar-refractivity contribution in [2.45, 2.75) is 64.6 Å². The summed E-state index contributed by atoms with van der Waals surface area (Å²) in [7, 11) is 6.04. The average molecular weight is 630 g/mol. The predicted octanol–water partition coefficient (Wildman–Crippen LogP) is 2.82. The van der Waals surface area contributed by atoms with E-state index in [4.69, 9.17) is 29.4 Å². The maximum absolute atomic E-state index is 13.9. The van der Waals surface area contributed by atoms with E-state index in [0.717, 1.165) is 6.08 Å². The van der Waals surface area contributed by atoms with Gasteiger partial charge in [0, 0.05) is 52.6 Å². The van der Waals surface area contributed by atoms with Crippen molar-refractivity contribution < 1.29 is 42.9 Å². The molecule has 0 saturated carbocycles. The zero-order valence-electron chi connectivity index (χ0n) is 27.4. The smallest absolute Gasteiger partial charge is 0.405 e. The summed E-state index contributed by atoms with van der Waals surface area (Å²) in [5.74, 6) is -2.26. The zero-order chi connectivity index (χ0) is 33.8. The number of ether oxygens (including phenoxy) is 5. The van der Waals surface area contributed by atoms with Crippen molar-refractivity contribution in [2.75, 3.05) is 35.0 Å². The molecule has 2 amide bonds. The molecule has 1 aliphatic heterocycles. The second-order valence-electron chi connectivity index (χ2n) is 11.1. The molecule has 12 heteroatoms. The molecule has 0 saturated heterocycles. The lowest BCUT2D eigenvalue weighted by Gasteiger charge is -2.34. The van der Waals surface area contributed by atoms with Crippen LogP contribution in [0.5, 0.6) is 0 Å². The SMILES string of the molecule is C=CCNC1=C2C(=O)C(=CC1=O)NC(=O)/C(C)=C/C=C\[C@H](OC)[C@@H](OC(N)=O)/C(C)=C/[C@H](C)[C@@H](OC)[C@@H](OC)C[C@H](C)[C@H]2OC. The summed E-state index contributed by atoms with van der Waals surface area (Å²) in [5.41, 5.74) is 6.28. The van der Waals surface area contributed by atoms with Gasteiger partial charge in [0.05, 0.1) is 35.3 Å². The monoisotopic (exact) mass is 629 g/mol. The van der Waals surface area contributed by atoms with Gasteiger partial charge in [-0.1, -0.05) is 44.2 Å². The second-order valence-corrected chi connectivity index (χ2v) is 11.1. The van der Waals surface area contributed by atoms with Gasteiger partial charge in [-0.25, -0.2) is 4.79 Å². The fraction of sp³-hybridized carbons (Fsp3) is 0.515. The summed E-state index contributed by atoms with van der Waals surface area (Å²) in [6, 6.07) is 0. The van der Waals surface area contributed by atoms with Crippen molar-refractivity contribution in [3.8, 4) is 0 Å². The highest BCUT2D eigenvalue weighted by atomic mass is 16.6. The Hall–Kier alpha value is -3.84. The normalized spacial score (nSPS) is 32.0. The molecule has 0 aromatic heterocycles. The standard InChI is InChI=1S/C33H47N3O9/c1-10-14-35-27-23(37)17-22-28(38)26(27)31(44-9)21(5)16-25(42-7)29(43-8)19(3)15-20(4)30(45-33(34)40)24(41-6)13-11-12-18(2)32(39)36-22/h10-13,15,17,19,21,24-25,29-31,35H,1,14,16H2,2-9H3,(H2,34,40)(H,36,39)/b13-11-,18-12+,20-15+/t19-,21-,24-,25-,29+,30-,31+/m0/s1. The van der Waals surface area contributed by atoms with Crippen LogP contribution < -0.4 is 16.4 Å². The molecule has 0 aromatic carbocycles. The minimum Gasteiger partial charge on any atom is -0.439 e. The van der Waals surface area contributed by atoms with Crippen LogP contribution in [-0.4, -0.2) is 89.1 Å². The molecule has 0 aromatic rings. The van der Waals surface area contributed by atoms with Crippen LogP contribution in [-0.2, 0) is 38.1 Å². The summed E-state index contributed by atoms with van der Waals surface area (Å²) in [6.07, 6.45) is 5.18. The van der Waals surface area contributed by atoms with Crippen molar-refractivity contribution in [3.63, 3.8) is 0 Å². The number of carbonyl (C=O) groups excluding carboxylic acids is 4. The third-order valence-corrected chi connectivity index (χ3v) is 7.86. The van der Waals surface area contributed by atoms with Gasteiger partial charge in [-0.2, -0.15) is 0 Å². The van der Waals surface area contributed by atoms with E-state index in [1.165, 1.54) is 20.3 Å². The minimum absolute atomic E-state index is 0.0768. The van der Waals surface area contributed by atoms with Crippen molar-refractivity contribution in [2.24, 2.45) is 17.6 Å². The summed E-state index contributed by atoms with van der Waals surface area (Å²) < 4.78 is 28.7. The summed E-state index contributed by atoms with van der Waals surface area (Å²) in [4.78, 5) is 52.2. The fourth-order valence-electron chi connectivity index (χ4n) is 5.63. The van der Waals surface area contributed by atoms with E-state index >= 15 is 0 Å². The number of primary amides is 1. The van der Waals surface area contributed by atoms with Crippen LogP contribution in [0, 0.1) is 11.8 Å². The lowest BCUT2D eigenvalue weighted by atomic mass is 9.82. The van der Waals surface area contributed by atoms with Crippen molar-refractivity contribution in [1.29, 1.82) is 0 Å².